The molecule has 0 heterocycles. The minimum absolute atomic E-state index is 0.810. The predicted octanol–water partition coefficient (Wildman–Crippen LogP) is 3.67. The second-order valence-electron chi connectivity index (χ2n) is 4.76. The van der Waals surface area contributed by atoms with Gasteiger partial charge < -0.3 is 15.4 Å². The Kier molecular flexibility index (Phi) is 8.90. The second kappa shape index (κ2) is 10.7. The first-order chi connectivity index (χ1) is 9.36. The van der Waals surface area contributed by atoms with Crippen LogP contribution >= 0.6 is 0 Å². The fraction of sp³-hybridized carbons (Fsp3) is 0.625. The molecule has 3 heteroatoms. The molecule has 0 atom stereocenters. The Morgan fingerprint density at radius 1 is 0.895 bits per heavy atom. The van der Waals surface area contributed by atoms with Gasteiger partial charge in [0.2, 0.25) is 0 Å². The summed E-state index contributed by atoms with van der Waals surface area (Å²) in [6.07, 6.45) is 4.79. The van der Waals surface area contributed by atoms with Crippen molar-refractivity contribution in [1.82, 2.24) is 5.32 Å². The molecule has 0 spiro atoms. The maximum absolute atomic E-state index is 5.63. The minimum Gasteiger partial charge on any atom is -0.494 e. The van der Waals surface area contributed by atoms with Crippen molar-refractivity contribution >= 4 is 5.69 Å². The standard InChI is InChI=1S/C16H28N2O/c1-3-5-11-17-12-13-18-15-7-9-16(10-8-15)19-14-6-4-2/h7-10,17-18H,3-6,11-14H2,1-2H3. The molecule has 108 valence electrons. The highest BCUT2D eigenvalue weighted by molar-refractivity contribution is 5.46. The van der Waals surface area contributed by atoms with Gasteiger partial charge in [0.15, 0.2) is 0 Å². The van der Waals surface area contributed by atoms with Crippen molar-refractivity contribution in [1.29, 1.82) is 0 Å². The van der Waals surface area contributed by atoms with Crippen LogP contribution in [0.1, 0.15) is 39.5 Å². The maximum atomic E-state index is 5.63. The zero-order valence-electron chi connectivity index (χ0n) is 12.4. The van der Waals surface area contributed by atoms with Gasteiger partial charge in [-0.1, -0.05) is 26.7 Å². The van der Waals surface area contributed by atoms with Crippen molar-refractivity contribution < 1.29 is 4.74 Å². The molecule has 0 saturated carbocycles. The molecule has 0 radical (unpaired) electrons. The lowest BCUT2D eigenvalue weighted by Crippen LogP contribution is -2.23. The van der Waals surface area contributed by atoms with E-state index in [4.69, 9.17) is 4.74 Å². The van der Waals surface area contributed by atoms with E-state index < -0.39 is 0 Å². The molecule has 0 bridgehead atoms. The summed E-state index contributed by atoms with van der Waals surface area (Å²) in [6.45, 7) is 8.27. The van der Waals surface area contributed by atoms with Crippen molar-refractivity contribution in [3.05, 3.63) is 24.3 Å². The highest BCUT2D eigenvalue weighted by atomic mass is 16.5. The van der Waals surface area contributed by atoms with E-state index in [2.05, 4.69) is 36.6 Å². The van der Waals surface area contributed by atoms with Crippen LogP contribution in [0.5, 0.6) is 5.75 Å². The maximum Gasteiger partial charge on any atom is 0.119 e. The molecule has 0 aromatic heterocycles. The van der Waals surface area contributed by atoms with Crippen molar-refractivity contribution in [2.45, 2.75) is 39.5 Å². The van der Waals surface area contributed by atoms with E-state index in [1.54, 1.807) is 0 Å². The van der Waals surface area contributed by atoms with Gasteiger partial charge in [-0.2, -0.15) is 0 Å². The van der Waals surface area contributed by atoms with E-state index >= 15 is 0 Å². The average Bonchev–Trinajstić information content (AvgIpc) is 2.44. The molecular weight excluding hydrogens is 236 g/mol. The van der Waals surface area contributed by atoms with Crippen molar-refractivity contribution in [3.8, 4) is 5.75 Å². The largest absolute Gasteiger partial charge is 0.494 e. The fourth-order valence-corrected chi connectivity index (χ4v) is 1.73. The number of rotatable bonds is 11. The molecule has 2 N–H and O–H groups in total. The zero-order chi connectivity index (χ0) is 13.8. The van der Waals surface area contributed by atoms with Gasteiger partial charge in [0.25, 0.3) is 0 Å². The number of ether oxygens (including phenoxy) is 1. The third-order valence-electron chi connectivity index (χ3n) is 2.96. The Hall–Kier alpha value is -1.22. The third kappa shape index (κ3) is 7.73. The molecule has 1 rings (SSSR count). The van der Waals surface area contributed by atoms with Gasteiger partial charge in [-0.25, -0.2) is 0 Å². The lowest BCUT2D eigenvalue weighted by Gasteiger charge is -2.09. The van der Waals surface area contributed by atoms with E-state index in [0.29, 0.717) is 0 Å². The van der Waals surface area contributed by atoms with Gasteiger partial charge in [0.05, 0.1) is 6.61 Å². The summed E-state index contributed by atoms with van der Waals surface area (Å²) in [5.41, 5.74) is 1.15. The van der Waals surface area contributed by atoms with Crippen LogP contribution in [0.25, 0.3) is 0 Å². The Bertz CT molecular complexity index is 311. The second-order valence-corrected chi connectivity index (χ2v) is 4.76. The fourth-order valence-electron chi connectivity index (χ4n) is 1.73. The van der Waals surface area contributed by atoms with Gasteiger partial charge in [0, 0.05) is 18.8 Å². The van der Waals surface area contributed by atoms with E-state index in [-0.39, 0.29) is 0 Å². The smallest absolute Gasteiger partial charge is 0.119 e. The number of hydrogen-bond acceptors (Lipinski definition) is 3. The normalized spacial score (nSPS) is 10.4. The molecule has 0 saturated heterocycles. The van der Waals surface area contributed by atoms with Crippen LogP contribution in [-0.4, -0.2) is 26.2 Å². The Labute approximate surface area is 117 Å². The summed E-state index contributed by atoms with van der Waals surface area (Å²) in [5, 5.41) is 6.81. The Morgan fingerprint density at radius 2 is 1.63 bits per heavy atom. The SMILES string of the molecule is CCCCNCCNc1ccc(OCCCC)cc1. The van der Waals surface area contributed by atoms with Crippen molar-refractivity contribution in [3.63, 3.8) is 0 Å². The molecule has 3 nitrogen and oxygen atoms in total. The van der Waals surface area contributed by atoms with Crippen LogP contribution in [0.4, 0.5) is 5.69 Å². The Balaban J connectivity index is 2.13. The monoisotopic (exact) mass is 264 g/mol. The molecule has 1 aromatic rings. The lowest BCUT2D eigenvalue weighted by atomic mass is 10.3. The van der Waals surface area contributed by atoms with Gasteiger partial charge in [0.1, 0.15) is 5.75 Å². The number of benzene rings is 1. The molecule has 0 unspecified atom stereocenters. The number of nitrogens with one attached hydrogen (secondary N) is 2. The summed E-state index contributed by atoms with van der Waals surface area (Å²) in [7, 11) is 0. The molecule has 0 fully saturated rings. The number of unbranched alkanes of at least 4 members (excludes halogenated alkanes) is 2. The van der Waals surface area contributed by atoms with E-state index in [1.165, 1.54) is 19.3 Å². The summed E-state index contributed by atoms with van der Waals surface area (Å²) in [5.74, 6) is 0.958. The summed E-state index contributed by atoms with van der Waals surface area (Å²) < 4.78 is 5.63. The lowest BCUT2D eigenvalue weighted by molar-refractivity contribution is 0.309. The van der Waals surface area contributed by atoms with E-state index in [1.807, 2.05) is 12.1 Å². The first kappa shape index (κ1) is 15.8. The highest BCUT2D eigenvalue weighted by Gasteiger charge is 1.95. The van der Waals surface area contributed by atoms with E-state index in [0.717, 1.165) is 44.1 Å². The number of hydrogen-bond donors (Lipinski definition) is 2. The highest BCUT2D eigenvalue weighted by Crippen LogP contribution is 2.15. The van der Waals surface area contributed by atoms with Crippen LogP contribution in [0.2, 0.25) is 0 Å². The van der Waals surface area contributed by atoms with Gasteiger partial charge in [-0.3, -0.25) is 0 Å². The molecule has 0 aliphatic heterocycles. The van der Waals surface area contributed by atoms with Crippen molar-refractivity contribution in [2.75, 3.05) is 31.6 Å². The van der Waals surface area contributed by atoms with Gasteiger partial charge in [-0.05, 0) is 43.7 Å². The molecular formula is C16H28N2O. The van der Waals surface area contributed by atoms with Crippen molar-refractivity contribution in [2.24, 2.45) is 0 Å². The summed E-state index contributed by atoms with van der Waals surface area (Å²) in [4.78, 5) is 0. The first-order valence-corrected chi connectivity index (χ1v) is 7.54. The molecule has 0 aliphatic carbocycles. The summed E-state index contributed by atoms with van der Waals surface area (Å²) in [6, 6.07) is 8.21. The quantitative estimate of drug-likeness (QED) is 0.598. The molecule has 1 aromatic carbocycles. The first-order valence-electron chi connectivity index (χ1n) is 7.54. The molecule has 19 heavy (non-hydrogen) atoms. The molecule has 0 amide bonds. The van der Waals surface area contributed by atoms with Crippen LogP contribution < -0.4 is 15.4 Å². The predicted molar refractivity (Wildman–Crippen MR) is 83.1 cm³/mol. The van der Waals surface area contributed by atoms with Crippen LogP contribution in [0.15, 0.2) is 24.3 Å². The topological polar surface area (TPSA) is 33.3 Å². The Morgan fingerprint density at radius 3 is 2.32 bits per heavy atom. The minimum atomic E-state index is 0.810. The van der Waals surface area contributed by atoms with Gasteiger partial charge >= 0.3 is 0 Å². The number of anilines is 1. The van der Waals surface area contributed by atoms with E-state index in [9.17, 15) is 0 Å². The van der Waals surface area contributed by atoms with Crippen LogP contribution in [-0.2, 0) is 0 Å². The van der Waals surface area contributed by atoms with Crippen LogP contribution in [0.3, 0.4) is 0 Å². The average molecular weight is 264 g/mol. The zero-order valence-corrected chi connectivity index (χ0v) is 12.4. The molecule has 0 aliphatic rings. The third-order valence-corrected chi connectivity index (χ3v) is 2.96. The van der Waals surface area contributed by atoms with Gasteiger partial charge in [-0.15, -0.1) is 0 Å². The summed E-state index contributed by atoms with van der Waals surface area (Å²) >= 11 is 0. The van der Waals surface area contributed by atoms with Crippen LogP contribution in [0, 0.1) is 0 Å².